The number of pyridine rings is 2. The second-order valence-corrected chi connectivity index (χ2v) is 4.80. The van der Waals surface area contributed by atoms with Gasteiger partial charge >= 0.3 is 13.1 Å². The van der Waals surface area contributed by atoms with Crippen molar-refractivity contribution in [2.75, 3.05) is 25.7 Å². The first-order chi connectivity index (χ1) is 10.4. The highest BCUT2D eigenvalue weighted by Gasteiger charge is 2.20. The van der Waals surface area contributed by atoms with Gasteiger partial charge in [0.1, 0.15) is 5.56 Å². The Morgan fingerprint density at radius 3 is 2.68 bits per heavy atom. The maximum Gasteiger partial charge on any atom is 0.490 e. The fourth-order valence-corrected chi connectivity index (χ4v) is 2.01. The number of hydrogen-bond donors (Lipinski definition) is 2. The summed E-state index contributed by atoms with van der Waals surface area (Å²) in [5, 5.41) is 20.2. The van der Waals surface area contributed by atoms with Crippen molar-refractivity contribution in [2.24, 2.45) is 0 Å². The van der Waals surface area contributed by atoms with Crippen LogP contribution in [-0.4, -0.2) is 53.5 Å². The van der Waals surface area contributed by atoms with E-state index in [9.17, 15) is 19.6 Å². The summed E-state index contributed by atoms with van der Waals surface area (Å²) < 4.78 is 6.39. The summed E-state index contributed by atoms with van der Waals surface area (Å²) >= 11 is 0. The number of carbonyl (C=O) groups is 1. The first kappa shape index (κ1) is 16.0. The molecule has 0 unspecified atom stereocenters. The van der Waals surface area contributed by atoms with E-state index in [1.165, 1.54) is 23.1 Å². The summed E-state index contributed by atoms with van der Waals surface area (Å²) in [7, 11) is 1.68. The smallest absolute Gasteiger partial charge is 0.462 e. The first-order valence-electron chi connectivity index (χ1n) is 6.63. The Hall–Kier alpha value is -2.39. The molecule has 2 aromatic rings. The topological polar surface area (TPSA) is 105 Å². The molecule has 0 atom stereocenters. The molecule has 2 rings (SSSR count). The number of hydrogen-bond acceptors (Lipinski definition) is 7. The summed E-state index contributed by atoms with van der Waals surface area (Å²) in [6.45, 7) is 1.79. The van der Waals surface area contributed by atoms with Gasteiger partial charge in [0.25, 0.3) is 0 Å². The summed E-state index contributed by atoms with van der Waals surface area (Å²) in [5.74, 6) is -0.736. The largest absolute Gasteiger partial charge is 0.490 e. The molecule has 2 N–H and O–H groups in total. The van der Waals surface area contributed by atoms with Gasteiger partial charge in [-0.15, -0.1) is 0 Å². The molecule has 0 bridgehead atoms. The molecule has 22 heavy (non-hydrogen) atoms. The second-order valence-electron chi connectivity index (χ2n) is 4.80. The van der Waals surface area contributed by atoms with E-state index in [1.54, 1.807) is 26.0 Å². The number of ether oxygens (including phenoxy) is 1. The number of fused-ring (bicyclic) bond motifs is 1. The van der Waals surface area contributed by atoms with Crippen LogP contribution < -0.4 is 15.9 Å². The van der Waals surface area contributed by atoms with Crippen LogP contribution in [-0.2, 0) is 4.74 Å². The summed E-state index contributed by atoms with van der Waals surface area (Å²) in [6.07, 6.45) is 2.61. The zero-order chi connectivity index (χ0) is 16.4. The standard InChI is InChI=1S/C13H16BN3O5/c1-4-22-13(19)10-7-17(16(2)3)12-9(11(10)18)5-8(6-15-12)14(20)21/h5-7,20-21H,4H2,1-3H3. The van der Waals surface area contributed by atoms with Gasteiger partial charge in [-0.1, -0.05) is 0 Å². The summed E-state index contributed by atoms with van der Waals surface area (Å²) in [5.41, 5.74) is -0.348. The zero-order valence-electron chi connectivity index (χ0n) is 12.5. The van der Waals surface area contributed by atoms with Gasteiger partial charge in [0.05, 0.1) is 12.0 Å². The SMILES string of the molecule is CCOC(=O)c1cn(N(C)C)c2ncc(B(O)O)cc2c1=O. The molecule has 0 saturated carbocycles. The number of aromatic nitrogens is 2. The molecule has 0 aromatic carbocycles. The van der Waals surface area contributed by atoms with Crippen molar-refractivity contribution >= 4 is 29.6 Å². The van der Waals surface area contributed by atoms with Crippen LogP contribution in [0.2, 0.25) is 0 Å². The Bertz CT molecular complexity index is 772. The van der Waals surface area contributed by atoms with Crippen LogP contribution in [0.15, 0.2) is 23.3 Å². The lowest BCUT2D eigenvalue weighted by molar-refractivity contribution is 0.0524. The molecule has 116 valence electrons. The lowest BCUT2D eigenvalue weighted by Crippen LogP contribution is -2.34. The van der Waals surface area contributed by atoms with Crippen LogP contribution in [0.25, 0.3) is 11.0 Å². The lowest BCUT2D eigenvalue weighted by atomic mass is 9.81. The van der Waals surface area contributed by atoms with E-state index < -0.39 is 18.5 Å². The van der Waals surface area contributed by atoms with Crippen LogP contribution in [0.5, 0.6) is 0 Å². The van der Waals surface area contributed by atoms with Crippen molar-refractivity contribution in [1.29, 1.82) is 0 Å². The van der Waals surface area contributed by atoms with E-state index in [-0.39, 0.29) is 23.0 Å². The molecule has 0 saturated heterocycles. The number of esters is 1. The molecule has 2 heterocycles. The summed E-state index contributed by atoms with van der Waals surface area (Å²) in [4.78, 5) is 28.5. The van der Waals surface area contributed by atoms with E-state index >= 15 is 0 Å². The highest BCUT2D eigenvalue weighted by molar-refractivity contribution is 6.58. The number of rotatable bonds is 4. The van der Waals surface area contributed by atoms with Crippen molar-refractivity contribution in [3.05, 3.63) is 34.2 Å². The Morgan fingerprint density at radius 2 is 2.14 bits per heavy atom. The molecule has 0 amide bonds. The van der Waals surface area contributed by atoms with E-state index in [4.69, 9.17) is 4.74 Å². The highest BCUT2D eigenvalue weighted by atomic mass is 16.5. The fourth-order valence-electron chi connectivity index (χ4n) is 2.01. The maximum atomic E-state index is 12.5. The quantitative estimate of drug-likeness (QED) is 0.520. The molecule has 8 nitrogen and oxygen atoms in total. The lowest BCUT2D eigenvalue weighted by Gasteiger charge is -2.20. The molecule has 9 heteroatoms. The second kappa shape index (κ2) is 6.16. The monoisotopic (exact) mass is 305 g/mol. The molecule has 0 fully saturated rings. The average Bonchev–Trinajstić information content (AvgIpc) is 2.47. The molecular weight excluding hydrogens is 289 g/mol. The van der Waals surface area contributed by atoms with E-state index in [1.807, 2.05) is 0 Å². The van der Waals surface area contributed by atoms with Gasteiger partial charge in [0, 0.05) is 32.0 Å². The minimum Gasteiger partial charge on any atom is -0.462 e. The van der Waals surface area contributed by atoms with Crippen LogP contribution in [0.3, 0.4) is 0 Å². The van der Waals surface area contributed by atoms with Gasteiger partial charge in [0.15, 0.2) is 5.65 Å². The normalized spacial score (nSPS) is 10.6. The molecule has 0 aliphatic carbocycles. The number of nitrogens with zero attached hydrogens (tertiary/aromatic N) is 3. The Labute approximate surface area is 126 Å². The third-order valence-electron chi connectivity index (χ3n) is 3.07. The van der Waals surface area contributed by atoms with Gasteiger partial charge in [-0.05, 0) is 13.0 Å². The van der Waals surface area contributed by atoms with Crippen molar-refractivity contribution in [2.45, 2.75) is 6.92 Å². The molecule has 0 radical (unpaired) electrons. The molecule has 0 aliphatic rings. The fraction of sp³-hybridized carbons (Fsp3) is 0.308. The Morgan fingerprint density at radius 1 is 1.45 bits per heavy atom. The van der Waals surface area contributed by atoms with Crippen molar-refractivity contribution < 1.29 is 19.6 Å². The Balaban J connectivity index is 2.80. The third-order valence-corrected chi connectivity index (χ3v) is 3.07. The first-order valence-corrected chi connectivity index (χ1v) is 6.63. The third kappa shape index (κ3) is 2.81. The van der Waals surface area contributed by atoms with Crippen molar-refractivity contribution in [1.82, 2.24) is 9.66 Å². The number of carbonyl (C=O) groups excluding carboxylic acids is 1. The van der Waals surface area contributed by atoms with Crippen LogP contribution in [0.4, 0.5) is 0 Å². The van der Waals surface area contributed by atoms with Gasteiger partial charge in [-0.3, -0.25) is 4.79 Å². The van der Waals surface area contributed by atoms with Gasteiger partial charge < -0.3 is 19.8 Å². The average molecular weight is 305 g/mol. The zero-order valence-corrected chi connectivity index (χ0v) is 12.5. The molecule has 0 aliphatic heterocycles. The molecule has 0 spiro atoms. The van der Waals surface area contributed by atoms with E-state index in [0.29, 0.717) is 5.65 Å². The van der Waals surface area contributed by atoms with E-state index in [2.05, 4.69) is 4.98 Å². The van der Waals surface area contributed by atoms with Crippen molar-refractivity contribution in [3.8, 4) is 0 Å². The maximum absolute atomic E-state index is 12.5. The summed E-state index contributed by atoms with van der Waals surface area (Å²) in [6, 6.07) is 1.30. The van der Waals surface area contributed by atoms with Crippen molar-refractivity contribution in [3.63, 3.8) is 0 Å². The van der Waals surface area contributed by atoms with Gasteiger partial charge in [0.2, 0.25) is 5.43 Å². The Kier molecular flexibility index (Phi) is 4.48. The highest BCUT2D eigenvalue weighted by Crippen LogP contribution is 2.09. The minimum absolute atomic E-state index is 0.0657. The van der Waals surface area contributed by atoms with Crippen LogP contribution in [0, 0.1) is 0 Å². The molecule has 2 aromatic heterocycles. The predicted octanol–water partition coefficient (Wildman–Crippen LogP) is -1.55. The molecular formula is C13H16BN3O5. The van der Waals surface area contributed by atoms with Crippen LogP contribution in [0.1, 0.15) is 17.3 Å². The minimum atomic E-state index is -1.75. The van der Waals surface area contributed by atoms with Gasteiger partial charge in [-0.25, -0.2) is 14.5 Å². The van der Waals surface area contributed by atoms with E-state index in [0.717, 1.165) is 0 Å². The predicted molar refractivity (Wildman–Crippen MR) is 81.9 cm³/mol. The van der Waals surface area contributed by atoms with Crippen LogP contribution >= 0.6 is 0 Å². The van der Waals surface area contributed by atoms with Gasteiger partial charge in [-0.2, -0.15) is 0 Å².